The molecule has 0 fully saturated rings. The van der Waals surface area contributed by atoms with Crippen molar-refractivity contribution >= 4 is 51.4 Å². The summed E-state index contributed by atoms with van der Waals surface area (Å²) in [6.45, 7) is 1.81. The lowest BCUT2D eigenvalue weighted by Crippen LogP contribution is -2.05. The number of fused-ring (bicyclic) bond motifs is 1. The summed E-state index contributed by atoms with van der Waals surface area (Å²) in [7, 11) is 2.86. The molecule has 0 aliphatic rings. The molecule has 0 aliphatic carbocycles. The molecule has 2 aromatic heterocycles. The molecule has 1 N–H and O–H groups in total. The summed E-state index contributed by atoms with van der Waals surface area (Å²) in [5.74, 6) is 0.806. The maximum atomic E-state index is 12.9. The van der Waals surface area contributed by atoms with Crippen LogP contribution in [0, 0.1) is 17.0 Å². The zero-order chi connectivity index (χ0) is 24.6. The SMILES string of the molecule is COc1cc(OC)c(Cl)c(-c2cc3cnc(Nc4cc(C)ccc4[N+](=O)[O-])cc3oc2=O)c1Cl. The van der Waals surface area contributed by atoms with Crippen LogP contribution in [0.2, 0.25) is 10.0 Å². The highest BCUT2D eigenvalue weighted by Crippen LogP contribution is 2.45. The van der Waals surface area contributed by atoms with E-state index in [0.717, 1.165) is 5.56 Å². The van der Waals surface area contributed by atoms with Gasteiger partial charge in [-0.15, -0.1) is 0 Å². The molecule has 9 nitrogen and oxygen atoms in total. The minimum Gasteiger partial charge on any atom is -0.495 e. The predicted molar refractivity (Wildman–Crippen MR) is 130 cm³/mol. The van der Waals surface area contributed by atoms with E-state index >= 15 is 0 Å². The zero-order valence-electron chi connectivity index (χ0n) is 18.1. The number of pyridine rings is 1. The molecule has 0 spiro atoms. The Morgan fingerprint density at radius 1 is 1.06 bits per heavy atom. The van der Waals surface area contributed by atoms with Gasteiger partial charge in [0.15, 0.2) is 0 Å². The van der Waals surface area contributed by atoms with Crippen molar-refractivity contribution in [2.45, 2.75) is 6.92 Å². The van der Waals surface area contributed by atoms with Crippen LogP contribution in [0.15, 0.2) is 51.8 Å². The van der Waals surface area contributed by atoms with Gasteiger partial charge in [-0.2, -0.15) is 0 Å². The highest BCUT2D eigenvalue weighted by Gasteiger charge is 2.22. The van der Waals surface area contributed by atoms with Gasteiger partial charge in [-0.05, 0) is 24.6 Å². The first kappa shape index (κ1) is 23.3. The van der Waals surface area contributed by atoms with E-state index in [9.17, 15) is 14.9 Å². The first-order valence-electron chi connectivity index (χ1n) is 9.79. The summed E-state index contributed by atoms with van der Waals surface area (Å²) >= 11 is 12.9. The molecule has 2 heterocycles. The standard InChI is InChI=1S/C23H17Cl2N3O6/c1-11-4-5-15(28(30)31)14(6-11)27-19-9-16-12(10-26-19)7-13(23(29)34-16)20-21(24)17(32-2)8-18(33-3)22(20)25/h4-10H,1-3H3,(H,26,27). The molecule has 0 aliphatic heterocycles. The molecule has 4 rings (SSSR count). The van der Waals surface area contributed by atoms with Crippen molar-refractivity contribution in [1.29, 1.82) is 0 Å². The predicted octanol–water partition coefficient (Wildman–Crippen LogP) is 6.14. The fourth-order valence-corrected chi connectivity index (χ4v) is 4.13. The summed E-state index contributed by atoms with van der Waals surface area (Å²) in [6, 6.07) is 9.20. The molecule has 0 saturated heterocycles. The van der Waals surface area contributed by atoms with Crippen LogP contribution in [0.25, 0.3) is 22.1 Å². The number of ether oxygens (including phenoxy) is 2. The van der Waals surface area contributed by atoms with Crippen LogP contribution in [0.5, 0.6) is 11.5 Å². The fourth-order valence-electron chi connectivity index (χ4n) is 3.43. The second-order valence-electron chi connectivity index (χ2n) is 7.24. The molecule has 0 unspecified atom stereocenters. The van der Waals surface area contributed by atoms with Gasteiger partial charge in [-0.3, -0.25) is 10.1 Å². The number of hydrogen-bond donors (Lipinski definition) is 1. The molecular formula is C23H17Cl2N3O6. The lowest BCUT2D eigenvalue weighted by molar-refractivity contribution is -0.383. The number of aromatic nitrogens is 1. The monoisotopic (exact) mass is 501 g/mol. The van der Waals surface area contributed by atoms with Gasteiger partial charge >= 0.3 is 5.63 Å². The smallest absolute Gasteiger partial charge is 0.344 e. The Labute approximate surface area is 203 Å². The number of methoxy groups -OCH3 is 2. The van der Waals surface area contributed by atoms with Crippen LogP contribution in [-0.2, 0) is 0 Å². The number of nitro groups is 1. The topological polar surface area (TPSA) is 117 Å². The zero-order valence-corrected chi connectivity index (χ0v) is 19.7. The largest absolute Gasteiger partial charge is 0.495 e. The first-order chi connectivity index (χ1) is 16.2. The number of nitrogens with zero attached hydrogens (tertiary/aromatic N) is 2. The average molecular weight is 502 g/mol. The number of nitro benzene ring substituents is 1. The van der Waals surface area contributed by atoms with Crippen molar-refractivity contribution in [2.24, 2.45) is 0 Å². The Morgan fingerprint density at radius 2 is 1.74 bits per heavy atom. The van der Waals surface area contributed by atoms with Gasteiger partial charge in [0.2, 0.25) is 0 Å². The van der Waals surface area contributed by atoms with Crippen LogP contribution in [0.1, 0.15) is 5.56 Å². The molecule has 0 amide bonds. The van der Waals surface area contributed by atoms with Gasteiger partial charge in [0, 0.05) is 35.3 Å². The number of aryl methyl sites for hydroxylation is 1. The lowest BCUT2D eigenvalue weighted by atomic mass is 10.1. The fraction of sp³-hybridized carbons (Fsp3) is 0.130. The van der Waals surface area contributed by atoms with Crippen LogP contribution in [0.4, 0.5) is 17.2 Å². The second kappa shape index (κ2) is 9.20. The molecular weight excluding hydrogens is 485 g/mol. The van der Waals surface area contributed by atoms with Crippen molar-refractivity contribution in [2.75, 3.05) is 19.5 Å². The normalized spacial score (nSPS) is 10.9. The Hall–Kier alpha value is -3.82. The number of benzene rings is 2. The number of hydrogen-bond acceptors (Lipinski definition) is 8. The molecule has 0 radical (unpaired) electrons. The molecule has 174 valence electrons. The minimum absolute atomic E-state index is 0.0940. The number of rotatable bonds is 6. The minimum atomic E-state index is -0.703. The summed E-state index contributed by atoms with van der Waals surface area (Å²) in [5.41, 5.74) is 0.782. The van der Waals surface area contributed by atoms with Crippen LogP contribution in [-0.4, -0.2) is 24.1 Å². The molecule has 34 heavy (non-hydrogen) atoms. The van der Waals surface area contributed by atoms with E-state index in [1.165, 1.54) is 38.6 Å². The van der Waals surface area contributed by atoms with E-state index in [1.807, 2.05) is 6.92 Å². The second-order valence-corrected chi connectivity index (χ2v) is 8.00. The van der Waals surface area contributed by atoms with Crippen LogP contribution in [0.3, 0.4) is 0 Å². The highest BCUT2D eigenvalue weighted by molar-refractivity contribution is 6.41. The molecule has 0 saturated carbocycles. The molecule has 11 heteroatoms. The van der Waals surface area contributed by atoms with E-state index in [2.05, 4.69) is 10.3 Å². The van der Waals surface area contributed by atoms with E-state index in [4.69, 9.17) is 37.1 Å². The quantitative estimate of drug-likeness (QED) is 0.247. The number of anilines is 2. The molecule has 2 aromatic carbocycles. The van der Waals surface area contributed by atoms with Gasteiger partial charge in [0.05, 0.1) is 34.8 Å². The maximum absolute atomic E-state index is 12.9. The molecule has 0 bridgehead atoms. The van der Waals surface area contributed by atoms with Gasteiger partial charge in [-0.1, -0.05) is 29.3 Å². The summed E-state index contributed by atoms with van der Waals surface area (Å²) < 4.78 is 16.1. The molecule has 0 atom stereocenters. The Balaban J connectivity index is 1.81. The summed E-state index contributed by atoms with van der Waals surface area (Å²) in [4.78, 5) is 28.0. The third-order valence-corrected chi connectivity index (χ3v) is 5.82. The van der Waals surface area contributed by atoms with E-state index in [0.29, 0.717) is 5.39 Å². The summed E-state index contributed by atoms with van der Waals surface area (Å²) in [6.07, 6.45) is 1.46. The average Bonchev–Trinajstić information content (AvgIpc) is 2.79. The number of halogens is 2. The Bertz CT molecular complexity index is 1470. The maximum Gasteiger partial charge on any atom is 0.344 e. The third kappa shape index (κ3) is 4.23. The first-order valence-corrected chi connectivity index (χ1v) is 10.6. The van der Waals surface area contributed by atoms with E-state index < -0.39 is 10.5 Å². The van der Waals surface area contributed by atoms with Crippen molar-refractivity contribution in [1.82, 2.24) is 4.98 Å². The van der Waals surface area contributed by atoms with Crippen molar-refractivity contribution in [3.8, 4) is 22.6 Å². The van der Waals surface area contributed by atoms with Crippen molar-refractivity contribution in [3.05, 3.63) is 78.7 Å². The van der Waals surface area contributed by atoms with Crippen LogP contribution < -0.4 is 20.4 Å². The van der Waals surface area contributed by atoms with E-state index in [1.54, 1.807) is 18.2 Å². The van der Waals surface area contributed by atoms with Gasteiger partial charge in [0.25, 0.3) is 5.69 Å². The third-order valence-electron chi connectivity index (χ3n) is 5.07. The van der Waals surface area contributed by atoms with Crippen molar-refractivity contribution < 1.29 is 18.8 Å². The van der Waals surface area contributed by atoms with Gasteiger partial charge < -0.3 is 19.2 Å². The molecule has 4 aromatic rings. The highest BCUT2D eigenvalue weighted by atomic mass is 35.5. The van der Waals surface area contributed by atoms with Gasteiger partial charge in [0.1, 0.15) is 28.6 Å². The lowest BCUT2D eigenvalue weighted by Gasteiger charge is -2.14. The summed E-state index contributed by atoms with van der Waals surface area (Å²) in [5, 5.41) is 15.0. The number of nitrogens with one attached hydrogen (secondary N) is 1. The Kier molecular flexibility index (Phi) is 6.32. The van der Waals surface area contributed by atoms with Crippen LogP contribution >= 0.6 is 23.2 Å². The Morgan fingerprint density at radius 3 is 2.35 bits per heavy atom. The van der Waals surface area contributed by atoms with Crippen molar-refractivity contribution in [3.63, 3.8) is 0 Å². The van der Waals surface area contributed by atoms with Gasteiger partial charge in [-0.25, -0.2) is 9.78 Å². The van der Waals surface area contributed by atoms with E-state index in [-0.39, 0.29) is 55.4 Å².